The maximum atomic E-state index is 11.5. The molecule has 0 radical (unpaired) electrons. The minimum atomic E-state index is 0.389. The third kappa shape index (κ3) is 10.3. The van der Waals surface area contributed by atoms with E-state index in [0.29, 0.717) is 5.78 Å². The van der Waals surface area contributed by atoms with Gasteiger partial charge in [-0.05, 0) is 38.2 Å². The minimum absolute atomic E-state index is 0.389. The summed E-state index contributed by atoms with van der Waals surface area (Å²) < 4.78 is 5.07. The lowest BCUT2D eigenvalue weighted by molar-refractivity contribution is -0.114. The normalized spacial score (nSPS) is 14.8. The summed E-state index contributed by atoms with van der Waals surface area (Å²) in [4.78, 5) is 11.5. The smallest absolute Gasteiger partial charge is 0.158 e. The summed E-state index contributed by atoms with van der Waals surface area (Å²) >= 11 is 0. The van der Waals surface area contributed by atoms with Gasteiger partial charge in [-0.1, -0.05) is 76.2 Å². The zero-order chi connectivity index (χ0) is 17.5. The van der Waals surface area contributed by atoms with Crippen molar-refractivity contribution in [1.29, 1.82) is 0 Å². The molecule has 0 bridgehead atoms. The number of hydrogen-bond donors (Lipinski definition) is 0. The van der Waals surface area contributed by atoms with Gasteiger partial charge in [0.1, 0.15) is 0 Å². The lowest BCUT2D eigenvalue weighted by atomic mass is 10.0. The molecule has 2 heteroatoms. The molecule has 0 saturated carbocycles. The number of carbonyl (C=O) groups excluding carboxylic acids is 1. The Morgan fingerprint density at radius 3 is 1.58 bits per heavy atom. The second kappa shape index (κ2) is 14.7. The van der Waals surface area contributed by atoms with Crippen LogP contribution in [0.15, 0.2) is 11.1 Å². The van der Waals surface area contributed by atoms with Crippen LogP contribution in [-0.4, -0.2) is 19.5 Å². The summed E-state index contributed by atoms with van der Waals surface area (Å²) in [6.45, 7) is 2.94. The molecule has 140 valence electrons. The fraction of sp³-hybridized carbons (Fsp3) is 0.864. The molecule has 1 rings (SSSR count). The van der Waals surface area contributed by atoms with Crippen LogP contribution in [0.25, 0.3) is 0 Å². The van der Waals surface area contributed by atoms with Gasteiger partial charge in [-0.15, -0.1) is 0 Å². The standard InChI is InChI=1S/C22H40O2/c1-20-21(17-18-22(20)23)16-14-12-10-8-6-4-3-5-7-9-11-13-15-19-24-2/h3-19H2,1-2H3. The molecule has 0 N–H and O–H groups in total. The van der Waals surface area contributed by atoms with Gasteiger partial charge in [0.15, 0.2) is 5.78 Å². The molecule has 0 atom stereocenters. The fourth-order valence-corrected chi connectivity index (χ4v) is 3.68. The van der Waals surface area contributed by atoms with E-state index in [1.54, 1.807) is 7.11 Å². The van der Waals surface area contributed by atoms with Gasteiger partial charge in [0.25, 0.3) is 0 Å². The molecule has 0 heterocycles. The molecule has 0 aromatic heterocycles. The molecule has 0 amide bonds. The van der Waals surface area contributed by atoms with E-state index in [1.807, 2.05) is 6.92 Å². The topological polar surface area (TPSA) is 26.3 Å². The summed E-state index contributed by atoms with van der Waals surface area (Å²) in [5.41, 5.74) is 2.52. The molecule has 0 saturated heterocycles. The Morgan fingerprint density at radius 2 is 1.17 bits per heavy atom. The number of unbranched alkanes of at least 4 members (excludes halogenated alkanes) is 12. The van der Waals surface area contributed by atoms with E-state index in [4.69, 9.17) is 4.74 Å². The molecule has 0 aliphatic heterocycles. The summed E-state index contributed by atoms with van der Waals surface area (Å²) in [7, 11) is 1.79. The van der Waals surface area contributed by atoms with Crippen molar-refractivity contribution in [3.8, 4) is 0 Å². The van der Waals surface area contributed by atoms with Crippen LogP contribution in [0.4, 0.5) is 0 Å². The number of methoxy groups -OCH3 is 1. The molecule has 1 aliphatic rings. The number of ether oxygens (including phenoxy) is 1. The molecular formula is C22H40O2. The van der Waals surface area contributed by atoms with E-state index in [9.17, 15) is 4.79 Å². The highest BCUT2D eigenvalue weighted by atomic mass is 16.5. The minimum Gasteiger partial charge on any atom is -0.385 e. The molecule has 0 fully saturated rings. The van der Waals surface area contributed by atoms with E-state index >= 15 is 0 Å². The average Bonchev–Trinajstić information content (AvgIpc) is 2.90. The van der Waals surface area contributed by atoms with Crippen molar-refractivity contribution in [2.24, 2.45) is 0 Å². The zero-order valence-corrected chi connectivity index (χ0v) is 16.3. The number of carbonyl (C=O) groups is 1. The zero-order valence-electron chi connectivity index (χ0n) is 16.3. The van der Waals surface area contributed by atoms with E-state index < -0.39 is 0 Å². The Labute approximate surface area is 150 Å². The van der Waals surface area contributed by atoms with Crippen LogP contribution in [0.5, 0.6) is 0 Å². The summed E-state index contributed by atoms with van der Waals surface area (Å²) in [6, 6.07) is 0. The first-order valence-electron chi connectivity index (χ1n) is 10.5. The number of allylic oxidation sites excluding steroid dienone is 2. The van der Waals surface area contributed by atoms with Gasteiger partial charge in [-0.25, -0.2) is 0 Å². The van der Waals surface area contributed by atoms with E-state index in [2.05, 4.69) is 0 Å². The Kier molecular flexibility index (Phi) is 13.1. The predicted octanol–water partition coefficient (Wildman–Crippen LogP) is 6.77. The Hall–Kier alpha value is -0.630. The van der Waals surface area contributed by atoms with Gasteiger partial charge in [-0.2, -0.15) is 0 Å². The summed E-state index contributed by atoms with van der Waals surface area (Å²) in [5, 5.41) is 0. The van der Waals surface area contributed by atoms with Gasteiger partial charge < -0.3 is 4.74 Å². The molecular weight excluding hydrogens is 296 g/mol. The Morgan fingerprint density at radius 1 is 0.708 bits per heavy atom. The molecule has 0 spiro atoms. The third-order valence-electron chi connectivity index (χ3n) is 5.43. The van der Waals surface area contributed by atoms with Crippen molar-refractivity contribution in [2.75, 3.05) is 13.7 Å². The van der Waals surface area contributed by atoms with Crippen LogP contribution in [-0.2, 0) is 9.53 Å². The van der Waals surface area contributed by atoms with Crippen molar-refractivity contribution >= 4 is 5.78 Å². The highest BCUT2D eigenvalue weighted by molar-refractivity contribution is 5.98. The van der Waals surface area contributed by atoms with E-state index in [1.165, 1.54) is 95.5 Å². The fourth-order valence-electron chi connectivity index (χ4n) is 3.68. The lowest BCUT2D eigenvalue weighted by Gasteiger charge is -2.04. The van der Waals surface area contributed by atoms with Crippen LogP contribution < -0.4 is 0 Å². The number of rotatable bonds is 16. The van der Waals surface area contributed by atoms with Crippen molar-refractivity contribution in [3.63, 3.8) is 0 Å². The van der Waals surface area contributed by atoms with Gasteiger partial charge >= 0.3 is 0 Å². The van der Waals surface area contributed by atoms with Crippen LogP contribution in [0, 0.1) is 0 Å². The van der Waals surface area contributed by atoms with E-state index in [-0.39, 0.29) is 0 Å². The van der Waals surface area contributed by atoms with Crippen molar-refractivity contribution < 1.29 is 9.53 Å². The van der Waals surface area contributed by atoms with Crippen molar-refractivity contribution in [2.45, 2.75) is 110 Å². The first-order valence-corrected chi connectivity index (χ1v) is 10.5. The van der Waals surface area contributed by atoms with Gasteiger partial charge in [0.2, 0.25) is 0 Å². The second-order valence-corrected chi connectivity index (χ2v) is 7.49. The maximum absolute atomic E-state index is 11.5. The van der Waals surface area contributed by atoms with Crippen molar-refractivity contribution in [1.82, 2.24) is 0 Å². The quantitative estimate of drug-likeness (QED) is 0.291. The Balaban J connectivity index is 1.76. The second-order valence-electron chi connectivity index (χ2n) is 7.49. The largest absolute Gasteiger partial charge is 0.385 e. The van der Waals surface area contributed by atoms with Crippen molar-refractivity contribution in [3.05, 3.63) is 11.1 Å². The lowest BCUT2D eigenvalue weighted by Crippen LogP contribution is -1.90. The first-order chi connectivity index (χ1) is 11.8. The van der Waals surface area contributed by atoms with Gasteiger partial charge in [-0.3, -0.25) is 4.79 Å². The molecule has 1 aliphatic carbocycles. The predicted molar refractivity (Wildman–Crippen MR) is 103 cm³/mol. The first kappa shape index (κ1) is 21.4. The van der Waals surface area contributed by atoms with Crippen LogP contribution in [0.3, 0.4) is 0 Å². The third-order valence-corrected chi connectivity index (χ3v) is 5.43. The number of Topliss-reactive ketones (excluding diaryl/α,β-unsaturated/α-hetero) is 1. The number of ketones is 1. The van der Waals surface area contributed by atoms with Crippen LogP contribution in [0.2, 0.25) is 0 Å². The van der Waals surface area contributed by atoms with Gasteiger partial charge in [0.05, 0.1) is 0 Å². The van der Waals surface area contributed by atoms with Crippen LogP contribution >= 0.6 is 0 Å². The summed E-state index contributed by atoms with van der Waals surface area (Å²) in [5.74, 6) is 0.389. The SMILES string of the molecule is COCCCCCCCCCCCCCCCC1=C(C)C(=O)CC1. The van der Waals surface area contributed by atoms with Crippen LogP contribution in [0.1, 0.15) is 110 Å². The summed E-state index contributed by atoms with van der Waals surface area (Å²) in [6.07, 6.45) is 20.8. The number of hydrogen-bond acceptors (Lipinski definition) is 2. The molecule has 0 unspecified atom stereocenters. The molecule has 2 nitrogen and oxygen atoms in total. The van der Waals surface area contributed by atoms with E-state index in [0.717, 1.165) is 25.0 Å². The highest BCUT2D eigenvalue weighted by Crippen LogP contribution is 2.27. The average molecular weight is 337 g/mol. The molecule has 24 heavy (non-hydrogen) atoms. The Bertz CT molecular complexity index is 357. The molecule has 0 aromatic rings. The highest BCUT2D eigenvalue weighted by Gasteiger charge is 2.17. The monoisotopic (exact) mass is 336 g/mol. The molecule has 0 aromatic carbocycles. The maximum Gasteiger partial charge on any atom is 0.158 e. The van der Waals surface area contributed by atoms with Gasteiger partial charge in [0, 0.05) is 20.1 Å².